The highest BCUT2D eigenvalue weighted by molar-refractivity contribution is 7.14. The molecule has 33 heavy (non-hydrogen) atoms. The Morgan fingerprint density at radius 1 is 1.09 bits per heavy atom. The molecule has 1 aliphatic heterocycles. The molecule has 2 amide bonds. The molecule has 0 unspecified atom stereocenters. The number of amides is 2. The van der Waals surface area contributed by atoms with Gasteiger partial charge >= 0.3 is 0 Å². The number of hydrogen-bond acceptors (Lipinski definition) is 6. The third-order valence-corrected chi connectivity index (χ3v) is 6.61. The van der Waals surface area contributed by atoms with Crippen molar-refractivity contribution in [3.8, 4) is 11.3 Å². The highest BCUT2D eigenvalue weighted by Gasteiger charge is 2.21. The zero-order valence-corrected chi connectivity index (χ0v) is 19.9. The minimum atomic E-state index is -0.213. The van der Waals surface area contributed by atoms with Gasteiger partial charge in [-0.05, 0) is 30.3 Å². The first kappa shape index (κ1) is 23.2. The number of nitrogens with zero attached hydrogens (tertiary/aromatic N) is 3. The Balaban J connectivity index is 1.33. The average molecular weight is 485 g/mol. The molecule has 0 spiro atoms. The van der Waals surface area contributed by atoms with E-state index >= 15 is 0 Å². The molecule has 2 aromatic carbocycles. The summed E-state index contributed by atoms with van der Waals surface area (Å²) < 4.78 is 4.99. The SMILES string of the molecule is COCCC(=O)N1CCN(c2ccc(C(=O)Nc3nc(-c4ccccc4Cl)cs3)cc2)CC1. The minimum Gasteiger partial charge on any atom is -0.384 e. The van der Waals surface area contributed by atoms with Crippen LogP contribution in [0.4, 0.5) is 10.8 Å². The second-order valence-electron chi connectivity index (χ2n) is 7.63. The lowest BCUT2D eigenvalue weighted by Gasteiger charge is -2.36. The number of carbonyl (C=O) groups is 2. The highest BCUT2D eigenvalue weighted by Crippen LogP contribution is 2.30. The summed E-state index contributed by atoms with van der Waals surface area (Å²) in [6, 6.07) is 15.0. The normalized spacial score (nSPS) is 13.8. The minimum absolute atomic E-state index is 0.128. The van der Waals surface area contributed by atoms with E-state index in [1.807, 2.05) is 58.8 Å². The van der Waals surface area contributed by atoms with Crippen LogP contribution < -0.4 is 10.2 Å². The number of halogens is 1. The molecule has 4 rings (SSSR count). The lowest BCUT2D eigenvalue weighted by molar-refractivity contribution is -0.132. The molecule has 0 radical (unpaired) electrons. The second-order valence-corrected chi connectivity index (χ2v) is 8.89. The summed E-state index contributed by atoms with van der Waals surface area (Å²) in [7, 11) is 1.60. The molecule has 1 N–H and O–H groups in total. The Hall–Kier alpha value is -2.94. The maximum atomic E-state index is 12.7. The Morgan fingerprint density at radius 3 is 2.52 bits per heavy atom. The Morgan fingerprint density at radius 2 is 1.82 bits per heavy atom. The molecule has 0 saturated carbocycles. The van der Waals surface area contributed by atoms with Crippen molar-refractivity contribution in [1.29, 1.82) is 0 Å². The molecule has 2 heterocycles. The molecule has 1 aromatic heterocycles. The van der Waals surface area contributed by atoms with Crippen LogP contribution in [-0.2, 0) is 9.53 Å². The van der Waals surface area contributed by atoms with Gasteiger partial charge in [0.05, 0.1) is 18.7 Å². The zero-order chi connectivity index (χ0) is 23.2. The van der Waals surface area contributed by atoms with Crippen molar-refractivity contribution >= 4 is 45.6 Å². The van der Waals surface area contributed by atoms with Crippen LogP contribution in [0.3, 0.4) is 0 Å². The van der Waals surface area contributed by atoms with Crippen LogP contribution in [0.15, 0.2) is 53.9 Å². The van der Waals surface area contributed by atoms with Gasteiger partial charge < -0.3 is 14.5 Å². The van der Waals surface area contributed by atoms with Gasteiger partial charge in [0, 0.05) is 60.5 Å². The molecule has 3 aromatic rings. The van der Waals surface area contributed by atoms with E-state index in [0.29, 0.717) is 41.8 Å². The Labute approximate surface area is 201 Å². The van der Waals surface area contributed by atoms with Crippen LogP contribution in [0.2, 0.25) is 5.02 Å². The predicted molar refractivity (Wildman–Crippen MR) is 132 cm³/mol. The van der Waals surface area contributed by atoms with E-state index in [1.54, 1.807) is 7.11 Å². The first-order valence-corrected chi connectivity index (χ1v) is 11.9. The van der Waals surface area contributed by atoms with E-state index < -0.39 is 0 Å². The summed E-state index contributed by atoms with van der Waals surface area (Å²) in [6.45, 7) is 3.33. The van der Waals surface area contributed by atoms with Crippen LogP contribution in [0.1, 0.15) is 16.8 Å². The number of benzene rings is 2. The van der Waals surface area contributed by atoms with Gasteiger partial charge in [-0.2, -0.15) is 0 Å². The molecule has 0 bridgehead atoms. The van der Waals surface area contributed by atoms with Crippen LogP contribution in [-0.4, -0.2) is 61.6 Å². The molecular formula is C24H25ClN4O3S. The van der Waals surface area contributed by atoms with Crippen LogP contribution in [0.25, 0.3) is 11.3 Å². The smallest absolute Gasteiger partial charge is 0.257 e. The van der Waals surface area contributed by atoms with Gasteiger partial charge in [-0.25, -0.2) is 4.98 Å². The number of nitrogens with one attached hydrogen (secondary N) is 1. The number of thiazole rings is 1. The molecule has 1 saturated heterocycles. The van der Waals surface area contributed by atoms with E-state index in [-0.39, 0.29) is 11.8 Å². The van der Waals surface area contributed by atoms with Gasteiger partial charge in [0.25, 0.3) is 5.91 Å². The van der Waals surface area contributed by atoms with Crippen LogP contribution >= 0.6 is 22.9 Å². The maximum absolute atomic E-state index is 12.7. The highest BCUT2D eigenvalue weighted by atomic mass is 35.5. The summed E-state index contributed by atoms with van der Waals surface area (Å²) in [5.41, 5.74) is 3.16. The fourth-order valence-electron chi connectivity index (χ4n) is 3.68. The van der Waals surface area contributed by atoms with Crippen molar-refractivity contribution in [2.75, 3.05) is 50.1 Å². The van der Waals surface area contributed by atoms with Crippen molar-refractivity contribution in [3.63, 3.8) is 0 Å². The first-order valence-electron chi connectivity index (χ1n) is 10.7. The van der Waals surface area contributed by atoms with Crippen molar-refractivity contribution in [3.05, 3.63) is 64.5 Å². The van der Waals surface area contributed by atoms with Gasteiger partial charge in [0.15, 0.2) is 5.13 Å². The van der Waals surface area contributed by atoms with Gasteiger partial charge in [0.2, 0.25) is 5.91 Å². The standard InChI is InChI=1S/C24H25ClN4O3S/c1-32-15-10-22(30)29-13-11-28(12-14-29)18-8-6-17(7-9-18)23(31)27-24-26-21(16-33-24)19-4-2-3-5-20(19)25/h2-9,16H,10-15H2,1H3,(H,26,27,31). The quantitative estimate of drug-likeness (QED) is 0.538. The monoisotopic (exact) mass is 484 g/mol. The molecule has 0 atom stereocenters. The fourth-order valence-corrected chi connectivity index (χ4v) is 4.62. The molecule has 1 fully saturated rings. The first-order chi connectivity index (χ1) is 16.0. The van der Waals surface area contributed by atoms with Gasteiger partial charge in [-0.1, -0.05) is 29.8 Å². The van der Waals surface area contributed by atoms with Gasteiger partial charge in [-0.15, -0.1) is 11.3 Å². The van der Waals surface area contributed by atoms with Crippen molar-refractivity contribution in [2.24, 2.45) is 0 Å². The zero-order valence-electron chi connectivity index (χ0n) is 18.3. The summed E-state index contributed by atoms with van der Waals surface area (Å²) in [4.78, 5) is 33.4. The largest absolute Gasteiger partial charge is 0.384 e. The lowest BCUT2D eigenvalue weighted by Crippen LogP contribution is -2.49. The molecule has 7 nitrogen and oxygen atoms in total. The number of aromatic nitrogens is 1. The van der Waals surface area contributed by atoms with Crippen molar-refractivity contribution in [2.45, 2.75) is 6.42 Å². The van der Waals surface area contributed by atoms with Gasteiger partial charge in [-0.3, -0.25) is 14.9 Å². The van der Waals surface area contributed by atoms with E-state index in [2.05, 4.69) is 15.2 Å². The van der Waals surface area contributed by atoms with Gasteiger partial charge in [0.1, 0.15) is 0 Å². The Bertz CT molecular complexity index is 1110. The average Bonchev–Trinajstić information content (AvgIpc) is 3.31. The number of ether oxygens (including phenoxy) is 1. The third kappa shape index (κ3) is 5.71. The second kappa shape index (κ2) is 10.8. The maximum Gasteiger partial charge on any atom is 0.257 e. The predicted octanol–water partition coefficient (Wildman–Crippen LogP) is 4.40. The van der Waals surface area contributed by atoms with E-state index in [1.165, 1.54) is 11.3 Å². The molecule has 1 aliphatic rings. The molecular weight excluding hydrogens is 460 g/mol. The summed E-state index contributed by atoms with van der Waals surface area (Å²) >= 11 is 7.60. The third-order valence-electron chi connectivity index (χ3n) is 5.52. The molecule has 0 aliphatic carbocycles. The number of anilines is 2. The summed E-state index contributed by atoms with van der Waals surface area (Å²) in [6.07, 6.45) is 0.416. The summed E-state index contributed by atoms with van der Waals surface area (Å²) in [5, 5.41) is 5.88. The number of methoxy groups -OCH3 is 1. The number of hydrogen-bond donors (Lipinski definition) is 1. The fraction of sp³-hybridized carbons (Fsp3) is 0.292. The van der Waals surface area contributed by atoms with E-state index in [4.69, 9.17) is 16.3 Å². The van der Waals surface area contributed by atoms with Crippen LogP contribution in [0.5, 0.6) is 0 Å². The number of rotatable bonds is 7. The number of carbonyl (C=O) groups excluding carboxylic acids is 2. The molecule has 172 valence electrons. The topological polar surface area (TPSA) is 74.8 Å². The Kier molecular flexibility index (Phi) is 7.59. The van der Waals surface area contributed by atoms with Crippen LogP contribution in [0, 0.1) is 0 Å². The van der Waals surface area contributed by atoms with Crippen molar-refractivity contribution < 1.29 is 14.3 Å². The van der Waals surface area contributed by atoms with Crippen molar-refractivity contribution in [1.82, 2.24) is 9.88 Å². The molecule has 9 heteroatoms. The summed E-state index contributed by atoms with van der Waals surface area (Å²) in [5.74, 6) is -0.0847. The number of piperazine rings is 1. The lowest BCUT2D eigenvalue weighted by atomic mass is 10.1. The van der Waals surface area contributed by atoms with E-state index in [0.717, 1.165) is 30.0 Å². The van der Waals surface area contributed by atoms with E-state index in [9.17, 15) is 9.59 Å².